The fourth-order valence-corrected chi connectivity index (χ4v) is 4.27. The summed E-state index contributed by atoms with van der Waals surface area (Å²) in [6, 6.07) is 1.07. The number of alkyl carbamates (subject to hydrolysis) is 1. The topological polar surface area (TPSA) is 118 Å². The summed E-state index contributed by atoms with van der Waals surface area (Å²) < 4.78 is 58.8. The van der Waals surface area contributed by atoms with Crippen LogP contribution in [0, 0.1) is 5.82 Å². The van der Waals surface area contributed by atoms with Crippen LogP contribution in [-0.4, -0.2) is 70.6 Å². The number of rotatable bonds is 3. The van der Waals surface area contributed by atoms with Gasteiger partial charge in [-0.1, -0.05) is 0 Å². The third kappa shape index (κ3) is 5.30. The number of halogens is 4. The molecule has 1 aromatic carbocycles. The van der Waals surface area contributed by atoms with Crippen LogP contribution < -0.4 is 10.6 Å². The largest absolute Gasteiger partial charge is 0.453 e. The number of ether oxygens (including phenoxy) is 1. The Morgan fingerprint density at radius 1 is 1.30 bits per heavy atom. The van der Waals surface area contributed by atoms with Crippen LogP contribution in [0.3, 0.4) is 0 Å². The Morgan fingerprint density at radius 2 is 2.03 bits per heavy atom. The first-order chi connectivity index (χ1) is 17.4. The number of aromatic nitrogens is 2. The Kier molecular flexibility index (Phi) is 6.99. The molecular weight excluding hydrogens is 504 g/mol. The van der Waals surface area contributed by atoms with Crippen LogP contribution >= 0.6 is 0 Å². The maximum absolute atomic E-state index is 13.6. The van der Waals surface area contributed by atoms with E-state index in [0.717, 1.165) is 11.1 Å². The molecule has 200 valence electrons. The van der Waals surface area contributed by atoms with Crippen LogP contribution in [0.1, 0.15) is 34.2 Å². The van der Waals surface area contributed by atoms with Crippen molar-refractivity contribution in [1.29, 1.82) is 0 Å². The number of anilines is 1. The van der Waals surface area contributed by atoms with Gasteiger partial charge in [0.25, 0.3) is 5.91 Å². The number of urea groups is 1. The zero-order valence-electron chi connectivity index (χ0n) is 20.1. The van der Waals surface area contributed by atoms with Crippen molar-refractivity contribution in [3.05, 3.63) is 46.5 Å². The molecule has 2 N–H and O–H groups in total. The van der Waals surface area contributed by atoms with Gasteiger partial charge in [-0.05, 0) is 25.1 Å². The van der Waals surface area contributed by atoms with E-state index in [-0.39, 0.29) is 37.4 Å². The minimum absolute atomic E-state index is 0.0385. The molecule has 0 spiro atoms. The van der Waals surface area contributed by atoms with E-state index in [4.69, 9.17) is 4.84 Å². The minimum atomic E-state index is -4.92. The molecule has 0 unspecified atom stereocenters. The second kappa shape index (κ2) is 9.88. The highest BCUT2D eigenvalue weighted by atomic mass is 19.4. The highest BCUT2D eigenvalue weighted by molar-refractivity contribution is 5.94. The lowest BCUT2D eigenvalue weighted by molar-refractivity contribution is -0.146. The molecule has 0 radical (unpaired) electrons. The molecule has 0 fully saturated rings. The van der Waals surface area contributed by atoms with Gasteiger partial charge >= 0.3 is 18.3 Å². The van der Waals surface area contributed by atoms with Gasteiger partial charge in [-0.25, -0.2) is 19.0 Å². The first-order valence-corrected chi connectivity index (χ1v) is 11.2. The lowest BCUT2D eigenvalue weighted by atomic mass is 9.99. The molecular formula is C22H24F4N6O5. The number of carbonyl (C=O) groups excluding carboxylic acids is 3. The number of amides is 4. The van der Waals surface area contributed by atoms with Gasteiger partial charge in [-0.15, -0.1) is 0 Å². The number of carbonyl (C=O) groups is 3. The molecule has 4 rings (SSSR count). The van der Waals surface area contributed by atoms with Crippen LogP contribution in [0.5, 0.6) is 0 Å². The van der Waals surface area contributed by atoms with Crippen molar-refractivity contribution in [2.45, 2.75) is 44.8 Å². The van der Waals surface area contributed by atoms with E-state index in [0.29, 0.717) is 23.4 Å². The highest BCUT2D eigenvalue weighted by Gasteiger charge is 2.38. The molecule has 11 nitrogen and oxygen atoms in total. The molecule has 0 bridgehead atoms. The number of nitrogens with one attached hydrogen (secondary N) is 2. The summed E-state index contributed by atoms with van der Waals surface area (Å²) in [7, 11) is 2.62. The van der Waals surface area contributed by atoms with E-state index in [1.165, 1.54) is 23.7 Å². The molecule has 2 aliphatic rings. The molecule has 37 heavy (non-hydrogen) atoms. The molecule has 2 aromatic rings. The molecule has 0 saturated heterocycles. The van der Waals surface area contributed by atoms with Crippen LogP contribution in [0.15, 0.2) is 18.2 Å². The van der Waals surface area contributed by atoms with Crippen LogP contribution in [0.25, 0.3) is 0 Å². The average Bonchev–Trinajstić information content (AvgIpc) is 3.12. The van der Waals surface area contributed by atoms with Gasteiger partial charge in [0.1, 0.15) is 17.6 Å². The van der Waals surface area contributed by atoms with Gasteiger partial charge in [-0.3, -0.25) is 14.3 Å². The highest BCUT2D eigenvalue weighted by Crippen LogP contribution is 2.34. The molecule has 1 aromatic heterocycles. The van der Waals surface area contributed by atoms with Crippen molar-refractivity contribution in [3.8, 4) is 0 Å². The normalized spacial score (nSPS) is 19.6. The van der Waals surface area contributed by atoms with Gasteiger partial charge in [0.2, 0.25) is 0 Å². The van der Waals surface area contributed by atoms with E-state index in [9.17, 15) is 31.9 Å². The summed E-state index contributed by atoms with van der Waals surface area (Å²) in [6.45, 7) is 1.85. The third-order valence-corrected chi connectivity index (χ3v) is 6.10. The third-order valence-electron chi connectivity index (χ3n) is 6.10. The number of nitrogens with zero attached hydrogens (tertiary/aromatic N) is 4. The molecule has 3 heterocycles. The Morgan fingerprint density at radius 3 is 2.70 bits per heavy atom. The summed E-state index contributed by atoms with van der Waals surface area (Å²) in [6.07, 6.45) is -5.95. The fourth-order valence-electron chi connectivity index (χ4n) is 4.27. The monoisotopic (exact) mass is 528 g/mol. The van der Waals surface area contributed by atoms with E-state index in [2.05, 4.69) is 20.5 Å². The maximum atomic E-state index is 13.6. The maximum Gasteiger partial charge on any atom is 0.419 e. The van der Waals surface area contributed by atoms with E-state index in [1.54, 1.807) is 6.92 Å². The predicted molar refractivity (Wildman–Crippen MR) is 119 cm³/mol. The number of fused-ring (bicyclic) bond motifs is 3. The Bertz CT molecular complexity index is 1230. The molecule has 2 aliphatic heterocycles. The first-order valence-electron chi connectivity index (χ1n) is 11.2. The molecule has 4 amide bonds. The molecule has 0 aliphatic carbocycles. The summed E-state index contributed by atoms with van der Waals surface area (Å²) in [5.74, 6) is -1.97. The number of hydroxylamine groups is 2. The smallest absolute Gasteiger partial charge is 0.419 e. The average molecular weight is 528 g/mol. The van der Waals surface area contributed by atoms with Crippen molar-refractivity contribution >= 4 is 23.7 Å². The van der Waals surface area contributed by atoms with Crippen molar-refractivity contribution < 1.29 is 41.5 Å². The fraction of sp³-hybridized carbons (Fsp3) is 0.455. The zero-order chi connectivity index (χ0) is 27.1. The summed E-state index contributed by atoms with van der Waals surface area (Å²) in [5.41, 5.74) is -0.452. The van der Waals surface area contributed by atoms with Crippen LogP contribution in [-0.2, 0) is 35.3 Å². The first kappa shape index (κ1) is 26.2. The van der Waals surface area contributed by atoms with Crippen molar-refractivity contribution in [3.63, 3.8) is 0 Å². The lowest BCUT2D eigenvalue weighted by Crippen LogP contribution is -2.45. The number of hydrogen-bond donors (Lipinski definition) is 2. The van der Waals surface area contributed by atoms with E-state index < -0.39 is 47.7 Å². The van der Waals surface area contributed by atoms with Gasteiger partial charge < -0.3 is 20.3 Å². The quantitative estimate of drug-likeness (QED) is 0.592. The number of methoxy groups -OCH3 is 1. The van der Waals surface area contributed by atoms with Gasteiger partial charge in [0.05, 0.1) is 38.0 Å². The van der Waals surface area contributed by atoms with Crippen LogP contribution in [0.4, 0.5) is 32.8 Å². The number of alkyl halides is 3. The minimum Gasteiger partial charge on any atom is -0.453 e. The van der Waals surface area contributed by atoms with E-state index in [1.807, 2.05) is 0 Å². The standard InChI is InChI=1S/C22H24F4N6O5/c1-11-6-17-14(10-31(11)20(34)28-12-4-5-16(23)15(7-12)22(24,25)26)18-19(33)30(2)37-13(9-32(18)29-17)8-27-21(35)36-3/h4-5,7,11,13H,6,8-10H2,1-3H3,(H,27,35)(H,28,34)/t11-,13-/m1/s1. The van der Waals surface area contributed by atoms with Gasteiger partial charge in [0, 0.05) is 30.8 Å². The molecule has 15 heteroatoms. The summed E-state index contributed by atoms with van der Waals surface area (Å²) in [4.78, 5) is 44.5. The molecule has 2 atom stereocenters. The molecule has 0 saturated carbocycles. The zero-order valence-corrected chi connectivity index (χ0v) is 20.1. The van der Waals surface area contributed by atoms with Crippen molar-refractivity contribution in [1.82, 2.24) is 25.1 Å². The second-order valence-corrected chi connectivity index (χ2v) is 8.66. The summed E-state index contributed by atoms with van der Waals surface area (Å²) >= 11 is 0. The van der Waals surface area contributed by atoms with Gasteiger partial charge in [0.15, 0.2) is 0 Å². The Labute approximate surface area is 208 Å². The summed E-state index contributed by atoms with van der Waals surface area (Å²) in [5, 5.41) is 10.4. The Balaban J connectivity index is 1.56. The van der Waals surface area contributed by atoms with Crippen molar-refractivity contribution in [2.24, 2.45) is 0 Å². The Hall–Kier alpha value is -3.88. The SMILES string of the molecule is COC(=O)NC[C@@H]1Cn2nc3c(c2C(=O)N(C)O1)CN(C(=O)Nc1ccc(F)c(C(F)(F)F)c1)[C@H](C)C3. The number of benzene rings is 1. The van der Waals surface area contributed by atoms with Crippen molar-refractivity contribution in [2.75, 3.05) is 26.0 Å². The predicted octanol–water partition coefficient (Wildman–Crippen LogP) is 2.76. The van der Waals surface area contributed by atoms with Crippen LogP contribution in [0.2, 0.25) is 0 Å². The second-order valence-electron chi connectivity index (χ2n) is 8.66. The van der Waals surface area contributed by atoms with Gasteiger partial charge in [-0.2, -0.15) is 18.3 Å². The lowest BCUT2D eigenvalue weighted by Gasteiger charge is -2.33. The van der Waals surface area contributed by atoms with E-state index >= 15 is 0 Å². The number of hydrogen-bond acceptors (Lipinski definition) is 6.